The fourth-order valence-electron chi connectivity index (χ4n) is 1.69. The monoisotopic (exact) mass is 328 g/mol. The van der Waals surface area contributed by atoms with Crippen LogP contribution in [0.5, 0.6) is 0 Å². The Kier molecular flexibility index (Phi) is 5.32. The van der Waals surface area contributed by atoms with Gasteiger partial charge in [0, 0.05) is 29.4 Å². The number of aliphatic hydroxyl groups is 1. The average molecular weight is 329 g/mol. The highest BCUT2D eigenvalue weighted by molar-refractivity contribution is 7.15. The van der Waals surface area contributed by atoms with E-state index in [0.29, 0.717) is 22.4 Å². The Morgan fingerprint density at radius 1 is 1.43 bits per heavy atom. The predicted octanol–water partition coefficient (Wildman–Crippen LogP) is 2.72. The minimum Gasteiger partial charge on any atom is -0.395 e. The van der Waals surface area contributed by atoms with Crippen molar-refractivity contribution < 1.29 is 10.0 Å². The SMILES string of the molecule is O=[N+]([O-])c1cc(NCc2cnc(Cl)s2)ccc1NCCO. The van der Waals surface area contributed by atoms with E-state index in [1.807, 2.05) is 0 Å². The largest absolute Gasteiger partial charge is 0.395 e. The Balaban J connectivity index is 2.09. The number of halogens is 1. The van der Waals surface area contributed by atoms with E-state index in [2.05, 4.69) is 15.6 Å². The number of thiazole rings is 1. The van der Waals surface area contributed by atoms with Gasteiger partial charge in [0.15, 0.2) is 4.47 Å². The Morgan fingerprint density at radius 3 is 2.86 bits per heavy atom. The van der Waals surface area contributed by atoms with Crippen LogP contribution in [0.3, 0.4) is 0 Å². The number of nitro groups is 1. The van der Waals surface area contributed by atoms with Crippen LogP contribution in [0, 0.1) is 10.1 Å². The summed E-state index contributed by atoms with van der Waals surface area (Å²) in [5.74, 6) is 0. The number of benzene rings is 1. The van der Waals surface area contributed by atoms with E-state index in [1.165, 1.54) is 17.4 Å². The molecule has 2 aromatic rings. The first-order valence-electron chi connectivity index (χ1n) is 6.07. The number of anilines is 2. The third-order valence-corrected chi connectivity index (χ3v) is 3.73. The summed E-state index contributed by atoms with van der Waals surface area (Å²) in [4.78, 5) is 15.5. The number of hydrogen-bond acceptors (Lipinski definition) is 7. The van der Waals surface area contributed by atoms with Crippen molar-refractivity contribution in [3.05, 3.63) is 43.9 Å². The summed E-state index contributed by atoms with van der Waals surface area (Å²) in [6, 6.07) is 4.79. The van der Waals surface area contributed by atoms with Crippen molar-refractivity contribution in [1.82, 2.24) is 4.98 Å². The smallest absolute Gasteiger partial charge is 0.294 e. The van der Waals surface area contributed by atoms with Crippen LogP contribution in [-0.2, 0) is 6.54 Å². The minimum atomic E-state index is -0.464. The highest BCUT2D eigenvalue weighted by Gasteiger charge is 2.14. The van der Waals surface area contributed by atoms with Crippen LogP contribution < -0.4 is 10.6 Å². The number of aromatic nitrogens is 1. The van der Waals surface area contributed by atoms with Gasteiger partial charge in [-0.2, -0.15) is 0 Å². The molecule has 0 aliphatic heterocycles. The molecule has 1 aromatic carbocycles. The maximum atomic E-state index is 11.1. The van der Waals surface area contributed by atoms with Crippen LogP contribution in [-0.4, -0.2) is 28.2 Å². The van der Waals surface area contributed by atoms with Crippen molar-refractivity contribution in [2.45, 2.75) is 6.54 Å². The Bertz CT molecular complexity index is 635. The van der Waals surface area contributed by atoms with E-state index in [-0.39, 0.29) is 18.8 Å². The number of nitrogens with one attached hydrogen (secondary N) is 2. The van der Waals surface area contributed by atoms with Crippen molar-refractivity contribution in [1.29, 1.82) is 0 Å². The molecule has 0 spiro atoms. The molecule has 0 aliphatic rings. The normalized spacial score (nSPS) is 10.4. The third kappa shape index (κ3) is 4.28. The van der Waals surface area contributed by atoms with Crippen molar-refractivity contribution in [2.75, 3.05) is 23.8 Å². The topological polar surface area (TPSA) is 100 Å². The molecule has 0 atom stereocenters. The molecule has 0 bridgehead atoms. The second-order valence-corrected chi connectivity index (χ2v) is 5.77. The molecular weight excluding hydrogens is 316 g/mol. The van der Waals surface area contributed by atoms with Gasteiger partial charge in [-0.3, -0.25) is 10.1 Å². The zero-order valence-corrected chi connectivity index (χ0v) is 12.4. The quantitative estimate of drug-likeness (QED) is 0.533. The van der Waals surface area contributed by atoms with Gasteiger partial charge in [-0.25, -0.2) is 4.98 Å². The highest BCUT2D eigenvalue weighted by atomic mass is 35.5. The van der Waals surface area contributed by atoms with Gasteiger partial charge < -0.3 is 15.7 Å². The van der Waals surface area contributed by atoms with Crippen molar-refractivity contribution in [3.63, 3.8) is 0 Å². The summed E-state index contributed by atoms with van der Waals surface area (Å²) in [5.41, 5.74) is 0.956. The van der Waals surface area contributed by atoms with Crippen LogP contribution in [0.2, 0.25) is 4.47 Å². The molecule has 112 valence electrons. The second-order valence-electron chi connectivity index (χ2n) is 4.07. The minimum absolute atomic E-state index is 0.0456. The molecule has 1 aromatic heterocycles. The molecule has 0 radical (unpaired) electrons. The maximum absolute atomic E-state index is 11.1. The summed E-state index contributed by atoms with van der Waals surface area (Å²) in [6.45, 7) is 0.654. The molecule has 0 fully saturated rings. The van der Waals surface area contributed by atoms with Gasteiger partial charge in [0.25, 0.3) is 5.69 Å². The first-order valence-corrected chi connectivity index (χ1v) is 7.27. The van der Waals surface area contributed by atoms with Crippen molar-refractivity contribution in [2.24, 2.45) is 0 Å². The summed E-state index contributed by atoms with van der Waals surface area (Å²) >= 11 is 7.09. The van der Waals surface area contributed by atoms with Gasteiger partial charge in [-0.15, -0.1) is 11.3 Å². The van der Waals surface area contributed by atoms with E-state index in [0.717, 1.165) is 4.88 Å². The first-order chi connectivity index (χ1) is 10.1. The lowest BCUT2D eigenvalue weighted by molar-refractivity contribution is -0.383. The van der Waals surface area contributed by atoms with Crippen LogP contribution in [0.25, 0.3) is 0 Å². The van der Waals surface area contributed by atoms with Gasteiger partial charge >= 0.3 is 0 Å². The third-order valence-electron chi connectivity index (χ3n) is 2.61. The van der Waals surface area contributed by atoms with Gasteiger partial charge in [0.05, 0.1) is 18.1 Å². The molecular formula is C12H13ClN4O3S. The molecule has 0 amide bonds. The van der Waals surface area contributed by atoms with Crippen LogP contribution in [0.1, 0.15) is 4.88 Å². The fraction of sp³-hybridized carbons (Fsp3) is 0.250. The lowest BCUT2D eigenvalue weighted by Gasteiger charge is -2.09. The van der Waals surface area contributed by atoms with E-state index < -0.39 is 4.92 Å². The number of aliphatic hydroxyl groups excluding tert-OH is 1. The van der Waals surface area contributed by atoms with Gasteiger partial charge in [-0.05, 0) is 12.1 Å². The van der Waals surface area contributed by atoms with Crippen molar-refractivity contribution >= 4 is 40.0 Å². The lowest BCUT2D eigenvalue weighted by Crippen LogP contribution is -2.08. The number of nitrogens with zero attached hydrogens (tertiary/aromatic N) is 2. The number of nitro benzene ring substituents is 1. The van der Waals surface area contributed by atoms with Crippen LogP contribution >= 0.6 is 22.9 Å². The molecule has 9 heteroatoms. The lowest BCUT2D eigenvalue weighted by atomic mass is 10.2. The molecule has 2 rings (SSSR count). The molecule has 0 aliphatic carbocycles. The van der Waals surface area contributed by atoms with Crippen LogP contribution in [0.15, 0.2) is 24.4 Å². The van der Waals surface area contributed by atoms with Gasteiger partial charge in [-0.1, -0.05) is 11.6 Å². The molecule has 0 unspecified atom stereocenters. The molecule has 7 nitrogen and oxygen atoms in total. The maximum Gasteiger partial charge on any atom is 0.294 e. The summed E-state index contributed by atoms with van der Waals surface area (Å²) in [5, 5.41) is 25.7. The molecule has 0 saturated heterocycles. The summed E-state index contributed by atoms with van der Waals surface area (Å²) < 4.78 is 0.460. The van der Waals surface area contributed by atoms with E-state index >= 15 is 0 Å². The molecule has 0 saturated carbocycles. The second kappa shape index (κ2) is 7.21. The summed E-state index contributed by atoms with van der Waals surface area (Å²) in [7, 11) is 0. The molecule has 1 heterocycles. The van der Waals surface area contributed by atoms with Crippen LogP contribution in [0.4, 0.5) is 17.1 Å². The Hall–Kier alpha value is -1.90. The first kappa shape index (κ1) is 15.5. The number of hydrogen-bond donors (Lipinski definition) is 3. The Morgan fingerprint density at radius 2 is 2.24 bits per heavy atom. The average Bonchev–Trinajstić information content (AvgIpc) is 2.89. The van der Waals surface area contributed by atoms with E-state index in [9.17, 15) is 10.1 Å². The number of rotatable bonds is 7. The van der Waals surface area contributed by atoms with E-state index in [4.69, 9.17) is 16.7 Å². The zero-order valence-electron chi connectivity index (χ0n) is 10.9. The fourth-order valence-corrected chi connectivity index (χ4v) is 2.60. The standard InChI is InChI=1S/C12H13ClN4O3S/c13-12-16-7-9(21-12)6-15-8-1-2-10(14-3-4-18)11(5-8)17(19)20/h1-2,5,7,14-15,18H,3-4,6H2. The van der Waals surface area contributed by atoms with Gasteiger partial charge in [0.2, 0.25) is 0 Å². The zero-order chi connectivity index (χ0) is 15.2. The predicted molar refractivity (Wildman–Crippen MR) is 83.1 cm³/mol. The molecule has 3 N–H and O–H groups in total. The summed E-state index contributed by atoms with van der Waals surface area (Å²) in [6.07, 6.45) is 1.66. The highest BCUT2D eigenvalue weighted by Crippen LogP contribution is 2.28. The van der Waals surface area contributed by atoms with Crippen molar-refractivity contribution in [3.8, 4) is 0 Å². The molecule has 21 heavy (non-hydrogen) atoms. The van der Waals surface area contributed by atoms with Gasteiger partial charge in [0.1, 0.15) is 5.69 Å². The van der Waals surface area contributed by atoms with E-state index in [1.54, 1.807) is 18.3 Å². The Labute approximate surface area is 129 Å².